The summed E-state index contributed by atoms with van der Waals surface area (Å²) in [6.45, 7) is 1.87. The van der Waals surface area contributed by atoms with Gasteiger partial charge in [-0.25, -0.2) is 4.98 Å². The van der Waals surface area contributed by atoms with Crippen molar-refractivity contribution in [1.29, 1.82) is 0 Å². The van der Waals surface area contributed by atoms with Crippen molar-refractivity contribution in [3.8, 4) is 0 Å². The minimum Gasteiger partial charge on any atom is -0.321 e. The summed E-state index contributed by atoms with van der Waals surface area (Å²) in [4.78, 5) is 44.9. The SMILES string of the molecule is Cc1csc(NC(=O)C(Sc2ccc(NC(=O)/C(=C/c3cccc(Cl)c3Cl)NC(=O)c3ccccc3)cc2)c2ccccc2)n1. The van der Waals surface area contributed by atoms with E-state index in [9.17, 15) is 14.4 Å². The molecular formula is C34H26Cl2N4O3S2. The van der Waals surface area contributed by atoms with E-state index in [1.807, 2.05) is 54.8 Å². The van der Waals surface area contributed by atoms with Crippen LogP contribution in [0.3, 0.4) is 0 Å². The van der Waals surface area contributed by atoms with Crippen molar-refractivity contribution in [2.24, 2.45) is 0 Å². The number of hydrogen-bond donors (Lipinski definition) is 3. The van der Waals surface area contributed by atoms with Gasteiger partial charge >= 0.3 is 0 Å². The largest absolute Gasteiger partial charge is 0.321 e. The van der Waals surface area contributed by atoms with Gasteiger partial charge in [0, 0.05) is 21.5 Å². The number of rotatable bonds is 10. The summed E-state index contributed by atoms with van der Waals surface area (Å²) >= 11 is 15.3. The van der Waals surface area contributed by atoms with E-state index in [2.05, 4.69) is 20.9 Å². The molecule has 1 heterocycles. The first-order chi connectivity index (χ1) is 21.8. The maximum absolute atomic E-state index is 13.5. The lowest BCUT2D eigenvalue weighted by molar-refractivity contribution is -0.116. The summed E-state index contributed by atoms with van der Waals surface area (Å²) in [5.41, 5.74) is 2.99. The number of aryl methyl sites for hydroxylation is 1. The first kappa shape index (κ1) is 32.0. The van der Waals surface area contributed by atoms with Crippen molar-refractivity contribution < 1.29 is 14.4 Å². The Balaban J connectivity index is 1.34. The molecule has 1 atom stereocenters. The highest BCUT2D eigenvalue weighted by Crippen LogP contribution is 2.37. The number of thiazole rings is 1. The summed E-state index contributed by atoms with van der Waals surface area (Å²) in [7, 11) is 0. The number of anilines is 2. The molecule has 0 saturated heterocycles. The molecule has 1 unspecified atom stereocenters. The molecule has 0 fully saturated rings. The maximum atomic E-state index is 13.5. The number of carbonyl (C=O) groups is 3. The Morgan fingerprint density at radius 3 is 2.20 bits per heavy atom. The van der Waals surface area contributed by atoms with Crippen LogP contribution >= 0.6 is 46.3 Å². The van der Waals surface area contributed by atoms with Crippen LogP contribution in [0, 0.1) is 6.92 Å². The van der Waals surface area contributed by atoms with Crippen LogP contribution in [-0.4, -0.2) is 22.7 Å². The third kappa shape index (κ3) is 8.61. The Labute approximate surface area is 278 Å². The zero-order chi connectivity index (χ0) is 31.8. The molecule has 226 valence electrons. The minimum atomic E-state index is -0.559. The van der Waals surface area contributed by atoms with Crippen molar-refractivity contribution in [3.63, 3.8) is 0 Å². The van der Waals surface area contributed by atoms with Gasteiger partial charge in [0.2, 0.25) is 5.91 Å². The first-order valence-electron chi connectivity index (χ1n) is 13.6. The lowest BCUT2D eigenvalue weighted by Crippen LogP contribution is -2.30. The van der Waals surface area contributed by atoms with Crippen LogP contribution in [-0.2, 0) is 9.59 Å². The normalized spacial score (nSPS) is 11.8. The molecule has 0 bridgehead atoms. The highest BCUT2D eigenvalue weighted by atomic mass is 35.5. The number of hydrogen-bond acceptors (Lipinski definition) is 6. The average Bonchev–Trinajstić information content (AvgIpc) is 3.47. The fourth-order valence-corrected chi connectivity index (χ4v) is 6.24. The predicted molar refractivity (Wildman–Crippen MR) is 184 cm³/mol. The van der Waals surface area contributed by atoms with Crippen LogP contribution in [0.25, 0.3) is 6.08 Å². The van der Waals surface area contributed by atoms with Crippen LogP contribution in [0.5, 0.6) is 0 Å². The van der Waals surface area contributed by atoms with Crippen molar-refractivity contribution in [2.45, 2.75) is 17.1 Å². The summed E-state index contributed by atoms with van der Waals surface area (Å²) in [6.07, 6.45) is 1.47. The van der Waals surface area contributed by atoms with Gasteiger partial charge in [-0.15, -0.1) is 23.1 Å². The number of benzene rings is 4. The Morgan fingerprint density at radius 1 is 0.844 bits per heavy atom. The van der Waals surface area contributed by atoms with E-state index in [1.54, 1.807) is 60.7 Å². The molecular weight excluding hydrogens is 647 g/mol. The molecule has 11 heteroatoms. The Hall–Kier alpha value is -4.41. The summed E-state index contributed by atoms with van der Waals surface area (Å²) in [5, 5.41) is 10.9. The minimum absolute atomic E-state index is 0.0234. The fourth-order valence-electron chi connectivity index (χ4n) is 4.16. The van der Waals surface area contributed by atoms with E-state index < -0.39 is 17.1 Å². The van der Waals surface area contributed by atoms with E-state index >= 15 is 0 Å². The van der Waals surface area contributed by atoms with Crippen LogP contribution < -0.4 is 16.0 Å². The zero-order valence-corrected chi connectivity index (χ0v) is 26.9. The smallest absolute Gasteiger partial charge is 0.272 e. The second kappa shape index (κ2) is 15.0. The number of nitrogens with zero attached hydrogens (tertiary/aromatic N) is 1. The Morgan fingerprint density at radius 2 is 1.53 bits per heavy atom. The average molecular weight is 674 g/mol. The van der Waals surface area contributed by atoms with Gasteiger partial charge in [-0.3, -0.25) is 14.4 Å². The lowest BCUT2D eigenvalue weighted by Gasteiger charge is -2.17. The van der Waals surface area contributed by atoms with Crippen molar-refractivity contribution >= 4 is 80.9 Å². The zero-order valence-electron chi connectivity index (χ0n) is 23.8. The van der Waals surface area contributed by atoms with Gasteiger partial charge in [-0.1, -0.05) is 83.9 Å². The third-order valence-corrected chi connectivity index (χ3v) is 9.34. The van der Waals surface area contributed by atoms with Crippen LogP contribution in [0.15, 0.2) is 119 Å². The van der Waals surface area contributed by atoms with E-state index in [1.165, 1.54) is 29.2 Å². The topological polar surface area (TPSA) is 100 Å². The molecule has 0 aliphatic carbocycles. The molecule has 0 aliphatic rings. The standard InChI is InChI=1S/C34H26Cl2N4O3S2/c1-21-20-44-34(37-21)40-33(43)30(22-9-4-2-5-10-22)45-26-17-15-25(16-18-26)38-32(42)28(19-24-13-8-14-27(35)29(24)36)39-31(41)23-11-6-3-7-12-23/h2-20,30H,1H3,(H,38,42)(H,39,41)(H,37,40,43)/b28-19-. The van der Waals surface area contributed by atoms with E-state index in [0.717, 1.165) is 16.2 Å². The number of halogens is 2. The molecule has 0 radical (unpaired) electrons. The molecule has 5 rings (SSSR count). The predicted octanol–water partition coefficient (Wildman–Crippen LogP) is 8.64. The number of nitrogens with one attached hydrogen (secondary N) is 3. The molecule has 4 aromatic carbocycles. The van der Waals surface area contributed by atoms with Crippen molar-refractivity contribution in [2.75, 3.05) is 10.6 Å². The highest BCUT2D eigenvalue weighted by Gasteiger charge is 2.23. The number of amides is 3. The maximum Gasteiger partial charge on any atom is 0.272 e. The van der Waals surface area contributed by atoms with Gasteiger partial charge < -0.3 is 16.0 Å². The van der Waals surface area contributed by atoms with Gasteiger partial charge in [0.1, 0.15) is 10.9 Å². The van der Waals surface area contributed by atoms with Gasteiger partial charge in [0.15, 0.2) is 5.13 Å². The molecule has 0 spiro atoms. The van der Waals surface area contributed by atoms with Gasteiger partial charge in [-0.05, 0) is 66.6 Å². The molecule has 3 amide bonds. The molecule has 1 aromatic heterocycles. The molecule has 7 nitrogen and oxygen atoms in total. The second-order valence-electron chi connectivity index (χ2n) is 9.69. The second-order valence-corrected chi connectivity index (χ2v) is 12.5. The van der Waals surface area contributed by atoms with Gasteiger partial charge in [0.25, 0.3) is 11.8 Å². The van der Waals surface area contributed by atoms with Gasteiger partial charge in [0.05, 0.1) is 15.7 Å². The third-order valence-electron chi connectivity index (χ3n) is 6.37. The summed E-state index contributed by atoms with van der Waals surface area (Å²) in [5.74, 6) is -1.21. The van der Waals surface area contributed by atoms with E-state index in [0.29, 0.717) is 27.0 Å². The van der Waals surface area contributed by atoms with Crippen molar-refractivity contribution in [3.05, 3.63) is 147 Å². The monoisotopic (exact) mass is 672 g/mol. The molecule has 0 aliphatic heterocycles. The van der Waals surface area contributed by atoms with Crippen molar-refractivity contribution in [1.82, 2.24) is 10.3 Å². The highest BCUT2D eigenvalue weighted by molar-refractivity contribution is 8.00. The molecule has 3 N–H and O–H groups in total. The summed E-state index contributed by atoms with van der Waals surface area (Å²) in [6, 6.07) is 30.2. The molecule has 0 saturated carbocycles. The molecule has 45 heavy (non-hydrogen) atoms. The number of carbonyl (C=O) groups excluding carboxylic acids is 3. The van der Waals surface area contributed by atoms with Gasteiger partial charge in [-0.2, -0.15) is 0 Å². The quantitative estimate of drug-likeness (QED) is 0.102. The van der Waals surface area contributed by atoms with Crippen LogP contribution in [0.1, 0.15) is 32.4 Å². The Kier molecular flexibility index (Phi) is 10.7. The van der Waals surface area contributed by atoms with E-state index in [-0.39, 0.29) is 16.6 Å². The Bertz CT molecular complexity index is 1850. The van der Waals surface area contributed by atoms with Crippen LogP contribution in [0.2, 0.25) is 10.0 Å². The first-order valence-corrected chi connectivity index (χ1v) is 16.2. The van der Waals surface area contributed by atoms with E-state index in [4.69, 9.17) is 23.2 Å². The number of thioether (sulfide) groups is 1. The summed E-state index contributed by atoms with van der Waals surface area (Å²) < 4.78 is 0. The van der Waals surface area contributed by atoms with Crippen LogP contribution in [0.4, 0.5) is 10.8 Å². The number of aromatic nitrogens is 1. The lowest BCUT2D eigenvalue weighted by atomic mass is 10.1. The molecule has 5 aromatic rings. The fraction of sp³-hybridized carbons (Fsp3) is 0.0588.